The summed E-state index contributed by atoms with van der Waals surface area (Å²) in [7, 11) is -3.51. The minimum absolute atomic E-state index is 0.0445. The molecule has 1 heterocycles. The first-order valence-electron chi connectivity index (χ1n) is 9.20. The van der Waals surface area contributed by atoms with Crippen LogP contribution in [0.4, 0.5) is 0 Å². The van der Waals surface area contributed by atoms with Crippen LogP contribution in [0, 0.1) is 5.92 Å². The lowest BCUT2D eigenvalue weighted by Gasteiger charge is -2.29. The van der Waals surface area contributed by atoms with Gasteiger partial charge in [0.15, 0.2) is 0 Å². The summed E-state index contributed by atoms with van der Waals surface area (Å²) in [5.41, 5.74) is 0.816. The molecule has 1 aromatic rings. The quantitative estimate of drug-likeness (QED) is 0.697. The Morgan fingerprint density at radius 3 is 2.44 bits per heavy atom. The summed E-state index contributed by atoms with van der Waals surface area (Å²) in [5, 5.41) is 6.53. The topological polar surface area (TPSA) is 95.6 Å². The van der Waals surface area contributed by atoms with Crippen molar-refractivity contribution in [3.8, 4) is 0 Å². The number of nitrogens with one attached hydrogen (secondary N) is 2. The van der Waals surface area contributed by atoms with Gasteiger partial charge in [-0.2, -0.15) is 4.31 Å². The van der Waals surface area contributed by atoms with Crippen molar-refractivity contribution in [3.05, 3.63) is 41.3 Å². The van der Waals surface area contributed by atoms with Gasteiger partial charge in [-0.3, -0.25) is 9.59 Å². The average Bonchev–Trinajstić information content (AvgIpc) is 2.70. The molecule has 1 aliphatic rings. The molecule has 2 N–H and O–H groups in total. The Morgan fingerprint density at radius 1 is 1.15 bits per heavy atom. The van der Waals surface area contributed by atoms with Crippen molar-refractivity contribution in [3.63, 3.8) is 0 Å². The third kappa shape index (κ3) is 6.80. The number of hydrogen-bond donors (Lipinski definition) is 2. The van der Waals surface area contributed by atoms with Crippen LogP contribution in [0.2, 0.25) is 0 Å². The lowest BCUT2D eigenvalue weighted by Crippen LogP contribution is -2.44. The summed E-state index contributed by atoms with van der Waals surface area (Å²) in [6.45, 7) is 3.08. The van der Waals surface area contributed by atoms with E-state index in [-0.39, 0.29) is 24.3 Å². The molecule has 1 aliphatic heterocycles. The van der Waals surface area contributed by atoms with Gasteiger partial charge in [0.2, 0.25) is 21.8 Å². The van der Waals surface area contributed by atoms with E-state index in [0.717, 1.165) is 12.0 Å². The number of benzene rings is 1. The van der Waals surface area contributed by atoms with E-state index < -0.39 is 10.0 Å². The second kappa shape index (κ2) is 10.2. The van der Waals surface area contributed by atoms with Crippen LogP contribution in [0.3, 0.4) is 0 Å². The third-order valence-corrected chi connectivity index (χ3v) is 5.98. The highest BCUT2D eigenvalue weighted by molar-refractivity contribution is 7.92. The Labute approximate surface area is 160 Å². The molecule has 0 saturated carbocycles. The van der Waals surface area contributed by atoms with E-state index in [1.54, 1.807) is 6.08 Å². The normalized spacial score (nSPS) is 16.3. The highest BCUT2D eigenvalue weighted by Crippen LogP contribution is 2.21. The standard InChI is InChI=1S/C19H27N3O4S/c1-2-11-20-18(23)15-21-19(24)17-8-12-22(13-9-17)27(25,26)14-10-16-6-4-3-5-7-16/h3-7,10,14,17H,2,8-9,11-13,15H2,1H3,(H,20,23)(H,21,24)/b14-10+. The summed E-state index contributed by atoms with van der Waals surface area (Å²) in [5.74, 6) is -0.677. The van der Waals surface area contributed by atoms with Crippen LogP contribution >= 0.6 is 0 Å². The van der Waals surface area contributed by atoms with Gasteiger partial charge in [-0.1, -0.05) is 37.3 Å². The van der Waals surface area contributed by atoms with Crippen molar-refractivity contribution < 1.29 is 18.0 Å². The summed E-state index contributed by atoms with van der Waals surface area (Å²) < 4.78 is 26.3. The highest BCUT2D eigenvalue weighted by Gasteiger charge is 2.29. The highest BCUT2D eigenvalue weighted by atomic mass is 32.2. The van der Waals surface area contributed by atoms with Gasteiger partial charge < -0.3 is 10.6 Å². The second-order valence-electron chi connectivity index (χ2n) is 6.50. The number of rotatable bonds is 8. The van der Waals surface area contributed by atoms with Crippen molar-refractivity contribution in [1.82, 2.24) is 14.9 Å². The van der Waals surface area contributed by atoms with E-state index >= 15 is 0 Å². The van der Waals surface area contributed by atoms with Crippen LogP contribution in [0.25, 0.3) is 6.08 Å². The number of carbonyl (C=O) groups excluding carboxylic acids is 2. The number of hydrogen-bond acceptors (Lipinski definition) is 4. The Hall–Kier alpha value is -2.19. The Morgan fingerprint density at radius 2 is 1.81 bits per heavy atom. The van der Waals surface area contributed by atoms with Gasteiger partial charge in [0, 0.05) is 31.0 Å². The number of amides is 2. The van der Waals surface area contributed by atoms with Gasteiger partial charge in [-0.15, -0.1) is 0 Å². The van der Waals surface area contributed by atoms with E-state index in [1.807, 2.05) is 37.3 Å². The molecule has 0 atom stereocenters. The van der Waals surface area contributed by atoms with Crippen LogP contribution in [0.1, 0.15) is 31.7 Å². The number of sulfonamides is 1. The van der Waals surface area contributed by atoms with Crippen molar-refractivity contribution in [1.29, 1.82) is 0 Å². The molecule has 2 amide bonds. The van der Waals surface area contributed by atoms with Crippen LogP contribution in [-0.2, 0) is 19.6 Å². The lowest BCUT2D eigenvalue weighted by atomic mass is 9.97. The summed E-state index contributed by atoms with van der Waals surface area (Å²) in [6, 6.07) is 9.23. The second-order valence-corrected chi connectivity index (χ2v) is 8.32. The SMILES string of the molecule is CCCNC(=O)CNC(=O)C1CCN(S(=O)(=O)/C=C/c2ccccc2)CC1. The molecule has 0 aromatic heterocycles. The largest absolute Gasteiger partial charge is 0.355 e. The van der Waals surface area contributed by atoms with Crippen LogP contribution in [0.15, 0.2) is 35.7 Å². The van der Waals surface area contributed by atoms with Crippen molar-refractivity contribution in [2.45, 2.75) is 26.2 Å². The zero-order chi connectivity index (χ0) is 19.7. The molecular formula is C19H27N3O4S. The van der Waals surface area contributed by atoms with Crippen molar-refractivity contribution in [2.75, 3.05) is 26.2 Å². The minimum Gasteiger partial charge on any atom is -0.355 e. The van der Waals surface area contributed by atoms with E-state index in [2.05, 4.69) is 10.6 Å². The lowest BCUT2D eigenvalue weighted by molar-refractivity contribution is -0.129. The monoisotopic (exact) mass is 393 g/mol. The molecule has 0 unspecified atom stereocenters. The molecule has 1 fully saturated rings. The van der Waals surface area contributed by atoms with Gasteiger partial charge in [0.25, 0.3) is 0 Å². The molecule has 8 heteroatoms. The van der Waals surface area contributed by atoms with Crippen molar-refractivity contribution >= 4 is 27.9 Å². The van der Waals surface area contributed by atoms with Crippen molar-refractivity contribution in [2.24, 2.45) is 5.92 Å². The number of nitrogens with zero attached hydrogens (tertiary/aromatic N) is 1. The zero-order valence-electron chi connectivity index (χ0n) is 15.6. The maximum absolute atomic E-state index is 12.4. The average molecular weight is 394 g/mol. The summed E-state index contributed by atoms with van der Waals surface area (Å²) in [6.07, 6.45) is 3.30. The smallest absolute Gasteiger partial charge is 0.239 e. The van der Waals surface area contributed by atoms with Gasteiger partial charge in [-0.25, -0.2) is 8.42 Å². The molecule has 2 rings (SSSR count). The van der Waals surface area contributed by atoms with Gasteiger partial charge >= 0.3 is 0 Å². The molecule has 1 saturated heterocycles. The molecular weight excluding hydrogens is 366 g/mol. The summed E-state index contributed by atoms with van der Waals surface area (Å²) >= 11 is 0. The number of carbonyl (C=O) groups is 2. The fourth-order valence-electron chi connectivity index (χ4n) is 2.83. The predicted molar refractivity (Wildman–Crippen MR) is 105 cm³/mol. The third-order valence-electron chi connectivity index (χ3n) is 4.41. The van der Waals surface area contributed by atoms with Crippen LogP contribution in [-0.4, -0.2) is 50.7 Å². The van der Waals surface area contributed by atoms with Crippen LogP contribution < -0.4 is 10.6 Å². The fourth-order valence-corrected chi connectivity index (χ4v) is 4.05. The van der Waals surface area contributed by atoms with Crippen LogP contribution in [0.5, 0.6) is 0 Å². The first-order valence-corrected chi connectivity index (χ1v) is 10.7. The molecule has 148 valence electrons. The van der Waals surface area contributed by atoms with Gasteiger partial charge in [-0.05, 0) is 30.9 Å². The first kappa shape index (κ1) is 21.1. The van der Waals surface area contributed by atoms with Gasteiger partial charge in [0.05, 0.1) is 6.54 Å². The first-order chi connectivity index (χ1) is 12.9. The molecule has 1 aromatic carbocycles. The Balaban J connectivity index is 1.81. The molecule has 0 aliphatic carbocycles. The zero-order valence-corrected chi connectivity index (χ0v) is 16.4. The molecule has 7 nitrogen and oxygen atoms in total. The predicted octanol–water partition coefficient (Wildman–Crippen LogP) is 1.34. The maximum Gasteiger partial charge on any atom is 0.239 e. The molecule has 0 bridgehead atoms. The Kier molecular flexibility index (Phi) is 7.99. The Bertz CT molecular complexity index is 754. The summed E-state index contributed by atoms with van der Waals surface area (Å²) in [4.78, 5) is 23.7. The van der Waals surface area contributed by atoms with E-state index in [4.69, 9.17) is 0 Å². The van der Waals surface area contributed by atoms with E-state index in [9.17, 15) is 18.0 Å². The van der Waals surface area contributed by atoms with Gasteiger partial charge in [0.1, 0.15) is 0 Å². The molecule has 0 spiro atoms. The fraction of sp³-hybridized carbons (Fsp3) is 0.474. The maximum atomic E-state index is 12.4. The number of piperidine rings is 1. The molecule has 0 radical (unpaired) electrons. The van der Waals surface area contributed by atoms with E-state index in [1.165, 1.54) is 9.71 Å². The molecule has 27 heavy (non-hydrogen) atoms. The van der Waals surface area contributed by atoms with E-state index in [0.29, 0.717) is 32.5 Å². The minimum atomic E-state index is -3.51.